The normalized spacial score (nSPS) is 12.1. The molecule has 2 aromatic rings. The van der Waals surface area contributed by atoms with Crippen molar-refractivity contribution in [1.29, 1.82) is 0 Å². The molecule has 1 aromatic heterocycles. The maximum Gasteiger partial charge on any atom is 0.433 e. The van der Waals surface area contributed by atoms with Gasteiger partial charge >= 0.3 is 5.88 Å². The number of para-hydroxylation sites is 1. The van der Waals surface area contributed by atoms with Gasteiger partial charge in [0, 0.05) is 18.1 Å². The van der Waals surface area contributed by atoms with Crippen molar-refractivity contribution in [2.75, 3.05) is 0 Å². The lowest BCUT2D eigenvalue weighted by molar-refractivity contribution is -0.402. The summed E-state index contributed by atoms with van der Waals surface area (Å²) in [5, 5.41) is 21.4. The molecule has 0 aliphatic heterocycles. The lowest BCUT2D eigenvalue weighted by Crippen LogP contribution is -2.13. The topological polar surface area (TPSA) is 125 Å². The summed E-state index contributed by atoms with van der Waals surface area (Å²) in [6.07, 6.45) is 0.155. The fraction of sp³-hybridized carbons (Fsp3) is 0.167. The molecule has 2 N–H and O–H groups in total. The molecule has 0 aliphatic rings. The highest BCUT2D eigenvalue weighted by Crippen LogP contribution is 2.26. The first-order valence-corrected chi connectivity index (χ1v) is 5.71. The van der Waals surface area contributed by atoms with Gasteiger partial charge in [0.25, 0.3) is 5.69 Å². The Hall–Kier alpha value is -2.74. The highest BCUT2D eigenvalue weighted by Gasteiger charge is 2.20. The van der Waals surface area contributed by atoms with E-state index in [1.807, 2.05) is 0 Å². The number of nitro groups is 2. The minimum atomic E-state index is -0.690. The molecule has 0 radical (unpaired) electrons. The molecule has 2 rings (SSSR count). The third-order valence-electron chi connectivity index (χ3n) is 2.79. The van der Waals surface area contributed by atoms with E-state index >= 15 is 0 Å². The van der Waals surface area contributed by atoms with Gasteiger partial charge < -0.3 is 10.2 Å². The van der Waals surface area contributed by atoms with Gasteiger partial charge in [0.15, 0.2) is 0 Å². The Kier molecular flexibility index (Phi) is 3.76. The second-order valence-corrected chi connectivity index (χ2v) is 4.13. The summed E-state index contributed by atoms with van der Waals surface area (Å²) in [5.41, 5.74) is 6.28. The molecular formula is C12H11N3O5. The molecule has 20 heavy (non-hydrogen) atoms. The summed E-state index contributed by atoms with van der Waals surface area (Å²) in [6, 6.07) is 8.11. The number of benzene rings is 1. The van der Waals surface area contributed by atoms with Gasteiger partial charge in [-0.05, 0) is 6.07 Å². The highest BCUT2D eigenvalue weighted by molar-refractivity contribution is 5.40. The van der Waals surface area contributed by atoms with Gasteiger partial charge in [-0.2, -0.15) is 0 Å². The molecule has 0 spiro atoms. The van der Waals surface area contributed by atoms with Crippen LogP contribution in [0.5, 0.6) is 0 Å². The molecule has 1 unspecified atom stereocenters. The average molecular weight is 277 g/mol. The number of furan rings is 1. The standard InChI is InChI=1S/C12H11N3O5/c13-9(11-5-6-12(20-11)15(18)19)7-8-3-1-2-4-10(8)14(16)17/h1-6,9H,7,13H2. The van der Waals surface area contributed by atoms with Crippen molar-refractivity contribution >= 4 is 11.6 Å². The molecule has 1 atom stereocenters. The Morgan fingerprint density at radius 2 is 1.80 bits per heavy atom. The van der Waals surface area contributed by atoms with Crippen LogP contribution in [0.3, 0.4) is 0 Å². The zero-order valence-electron chi connectivity index (χ0n) is 10.3. The molecule has 0 aliphatic carbocycles. The van der Waals surface area contributed by atoms with Crippen LogP contribution in [0.25, 0.3) is 0 Å². The summed E-state index contributed by atoms with van der Waals surface area (Å²) in [4.78, 5) is 20.2. The molecular weight excluding hydrogens is 266 g/mol. The maximum absolute atomic E-state index is 10.9. The zero-order chi connectivity index (χ0) is 14.7. The average Bonchev–Trinajstić information content (AvgIpc) is 2.89. The van der Waals surface area contributed by atoms with E-state index in [9.17, 15) is 20.2 Å². The first kappa shape index (κ1) is 13.7. The van der Waals surface area contributed by atoms with E-state index in [4.69, 9.17) is 10.2 Å². The predicted molar refractivity (Wildman–Crippen MR) is 69.1 cm³/mol. The van der Waals surface area contributed by atoms with Crippen molar-refractivity contribution in [1.82, 2.24) is 0 Å². The maximum atomic E-state index is 10.9. The number of nitrogens with zero attached hydrogens (tertiary/aromatic N) is 2. The predicted octanol–water partition coefficient (Wildman–Crippen LogP) is 2.34. The van der Waals surface area contributed by atoms with Crippen LogP contribution in [0.15, 0.2) is 40.8 Å². The fourth-order valence-electron chi connectivity index (χ4n) is 1.84. The van der Waals surface area contributed by atoms with Crippen LogP contribution < -0.4 is 5.73 Å². The third-order valence-corrected chi connectivity index (χ3v) is 2.79. The molecule has 1 aromatic carbocycles. The van der Waals surface area contributed by atoms with Crippen LogP contribution in [0.1, 0.15) is 17.4 Å². The Labute approximate surface area is 113 Å². The number of nitrogens with two attached hydrogens (primary N) is 1. The highest BCUT2D eigenvalue weighted by atomic mass is 16.6. The number of rotatable bonds is 5. The van der Waals surface area contributed by atoms with Crippen molar-refractivity contribution < 1.29 is 14.3 Å². The summed E-state index contributed by atoms with van der Waals surface area (Å²) in [7, 11) is 0. The van der Waals surface area contributed by atoms with E-state index in [2.05, 4.69) is 0 Å². The Balaban J connectivity index is 2.21. The van der Waals surface area contributed by atoms with E-state index in [1.54, 1.807) is 18.2 Å². The minimum absolute atomic E-state index is 0.0380. The van der Waals surface area contributed by atoms with Gasteiger partial charge in [0.2, 0.25) is 0 Å². The molecule has 0 saturated carbocycles. The summed E-state index contributed by atoms with van der Waals surface area (Å²) >= 11 is 0. The van der Waals surface area contributed by atoms with Crippen molar-refractivity contribution in [2.24, 2.45) is 5.73 Å². The van der Waals surface area contributed by atoms with Crippen molar-refractivity contribution in [2.45, 2.75) is 12.5 Å². The Morgan fingerprint density at radius 3 is 2.40 bits per heavy atom. The van der Waals surface area contributed by atoms with Gasteiger partial charge in [-0.3, -0.25) is 20.2 Å². The van der Waals surface area contributed by atoms with Gasteiger partial charge in [-0.25, -0.2) is 0 Å². The minimum Gasteiger partial charge on any atom is -0.404 e. The second-order valence-electron chi connectivity index (χ2n) is 4.13. The Morgan fingerprint density at radius 1 is 1.10 bits per heavy atom. The van der Waals surface area contributed by atoms with Crippen molar-refractivity contribution in [3.05, 3.63) is 68.0 Å². The van der Waals surface area contributed by atoms with Crippen LogP contribution >= 0.6 is 0 Å². The van der Waals surface area contributed by atoms with E-state index in [-0.39, 0.29) is 17.9 Å². The molecule has 1 heterocycles. The summed E-state index contributed by atoms with van der Waals surface area (Å²) in [6.45, 7) is 0. The van der Waals surface area contributed by atoms with Crippen molar-refractivity contribution in [3.8, 4) is 0 Å². The van der Waals surface area contributed by atoms with Crippen LogP contribution in [-0.2, 0) is 6.42 Å². The second kappa shape index (κ2) is 5.49. The van der Waals surface area contributed by atoms with Gasteiger partial charge in [0.1, 0.15) is 10.7 Å². The van der Waals surface area contributed by atoms with Crippen LogP contribution in [0, 0.1) is 20.2 Å². The van der Waals surface area contributed by atoms with E-state index in [1.165, 1.54) is 18.2 Å². The molecule has 0 amide bonds. The molecule has 0 fully saturated rings. The van der Waals surface area contributed by atoms with Crippen molar-refractivity contribution in [3.63, 3.8) is 0 Å². The van der Waals surface area contributed by atoms with E-state index < -0.39 is 21.8 Å². The first-order chi connectivity index (χ1) is 9.49. The molecule has 8 nitrogen and oxygen atoms in total. The number of hydrogen-bond donors (Lipinski definition) is 1. The van der Waals surface area contributed by atoms with Gasteiger partial charge in [0.05, 0.1) is 17.0 Å². The van der Waals surface area contributed by atoms with E-state index in [0.717, 1.165) is 0 Å². The number of nitro benzene ring substituents is 1. The van der Waals surface area contributed by atoms with Gasteiger partial charge in [-0.15, -0.1) is 0 Å². The van der Waals surface area contributed by atoms with Gasteiger partial charge in [-0.1, -0.05) is 18.2 Å². The lowest BCUT2D eigenvalue weighted by atomic mass is 10.0. The Bertz CT molecular complexity index is 652. The fourth-order valence-corrected chi connectivity index (χ4v) is 1.84. The molecule has 0 bridgehead atoms. The summed E-state index contributed by atoms with van der Waals surface area (Å²) in [5.74, 6) is -0.187. The van der Waals surface area contributed by atoms with E-state index in [0.29, 0.717) is 5.56 Å². The molecule has 8 heteroatoms. The first-order valence-electron chi connectivity index (χ1n) is 5.71. The third kappa shape index (κ3) is 2.81. The zero-order valence-corrected chi connectivity index (χ0v) is 10.3. The van der Waals surface area contributed by atoms with Crippen LogP contribution in [-0.4, -0.2) is 9.85 Å². The molecule has 0 saturated heterocycles. The lowest BCUT2D eigenvalue weighted by Gasteiger charge is -2.08. The quantitative estimate of drug-likeness (QED) is 0.660. The number of hydrogen-bond acceptors (Lipinski definition) is 6. The SMILES string of the molecule is NC(Cc1ccccc1[N+](=O)[O-])c1ccc([N+](=O)[O-])o1. The van der Waals surface area contributed by atoms with Crippen LogP contribution in [0.2, 0.25) is 0 Å². The van der Waals surface area contributed by atoms with Crippen LogP contribution in [0.4, 0.5) is 11.6 Å². The summed E-state index contributed by atoms with van der Waals surface area (Å²) < 4.78 is 4.99. The largest absolute Gasteiger partial charge is 0.433 e. The molecule has 104 valence electrons. The monoisotopic (exact) mass is 277 g/mol. The smallest absolute Gasteiger partial charge is 0.404 e.